The number of hydrogen-bond acceptors (Lipinski definition) is 7. The molecule has 2 aromatic rings. The van der Waals surface area contributed by atoms with Crippen LogP contribution in [-0.2, 0) is 16.1 Å². The molecular weight excluding hydrogens is 364 g/mol. The molecule has 0 aliphatic carbocycles. The van der Waals surface area contributed by atoms with E-state index in [1.54, 1.807) is 44.3 Å². The summed E-state index contributed by atoms with van der Waals surface area (Å²) in [6.07, 6.45) is 2.52. The molecule has 0 saturated carbocycles. The molecule has 1 fully saturated rings. The minimum Gasteiger partial charge on any atom is -0.493 e. The van der Waals surface area contributed by atoms with Crippen LogP contribution in [0.25, 0.3) is 0 Å². The summed E-state index contributed by atoms with van der Waals surface area (Å²) >= 11 is 0. The Morgan fingerprint density at radius 1 is 1.21 bits per heavy atom. The van der Waals surface area contributed by atoms with E-state index in [2.05, 4.69) is 10.4 Å². The van der Waals surface area contributed by atoms with Crippen molar-refractivity contribution in [2.75, 3.05) is 33.2 Å². The lowest BCUT2D eigenvalue weighted by Crippen LogP contribution is -2.30. The third-order valence-corrected chi connectivity index (χ3v) is 4.74. The van der Waals surface area contributed by atoms with Gasteiger partial charge in [0.2, 0.25) is 5.75 Å². The quantitative estimate of drug-likeness (QED) is 0.701. The van der Waals surface area contributed by atoms with Gasteiger partial charge in [-0.2, -0.15) is 5.10 Å². The molecule has 0 unspecified atom stereocenters. The number of benzene rings is 1. The lowest BCUT2D eigenvalue weighted by Gasteiger charge is -2.17. The molecule has 3 rings (SSSR count). The monoisotopic (exact) mass is 390 g/mol. The average Bonchev–Trinajstić information content (AvgIpc) is 3.37. The Balaban J connectivity index is 1.77. The van der Waals surface area contributed by atoms with E-state index < -0.39 is 6.10 Å². The number of anilines is 1. The highest BCUT2D eigenvalue weighted by molar-refractivity contribution is 5.93. The van der Waals surface area contributed by atoms with Crippen LogP contribution in [-0.4, -0.2) is 55.8 Å². The number of nitrogens with one attached hydrogen (secondary N) is 1. The van der Waals surface area contributed by atoms with Crippen molar-refractivity contribution in [1.82, 2.24) is 9.78 Å². The van der Waals surface area contributed by atoms with Crippen LogP contribution in [0.3, 0.4) is 0 Å². The number of carbonyl (C=O) groups excluding carboxylic acids is 1. The predicted octanol–water partition coefficient (Wildman–Crippen LogP) is 1.40. The Kier molecular flexibility index (Phi) is 6.37. The average molecular weight is 390 g/mol. The van der Waals surface area contributed by atoms with Gasteiger partial charge in [-0.05, 0) is 25.0 Å². The zero-order valence-electron chi connectivity index (χ0n) is 16.3. The van der Waals surface area contributed by atoms with Crippen molar-refractivity contribution >= 4 is 11.7 Å². The van der Waals surface area contributed by atoms with Gasteiger partial charge in [0.25, 0.3) is 5.91 Å². The first-order valence-corrected chi connectivity index (χ1v) is 9.07. The van der Waals surface area contributed by atoms with Gasteiger partial charge >= 0.3 is 0 Å². The first-order chi connectivity index (χ1) is 13.6. The molecule has 2 heterocycles. The fourth-order valence-corrected chi connectivity index (χ4v) is 3.29. The minimum absolute atomic E-state index is 0.0586. The van der Waals surface area contributed by atoms with Gasteiger partial charge in [-0.3, -0.25) is 4.79 Å². The fraction of sp³-hybridized carbons (Fsp3) is 0.474. The molecule has 152 valence electrons. The van der Waals surface area contributed by atoms with E-state index in [9.17, 15) is 4.79 Å². The minimum atomic E-state index is -0.493. The van der Waals surface area contributed by atoms with Crippen LogP contribution in [0.15, 0.2) is 24.4 Å². The van der Waals surface area contributed by atoms with Gasteiger partial charge in [-0.1, -0.05) is 0 Å². The summed E-state index contributed by atoms with van der Waals surface area (Å²) < 4.78 is 23.6. The number of amides is 1. The molecule has 9 heteroatoms. The predicted molar refractivity (Wildman–Crippen MR) is 103 cm³/mol. The summed E-state index contributed by atoms with van der Waals surface area (Å²) in [5, 5.41) is 7.19. The molecule has 0 radical (unpaired) electrons. The van der Waals surface area contributed by atoms with Crippen LogP contribution in [0, 0.1) is 0 Å². The standard InChI is InChI=1S/C19H26N4O5/c1-25-14-6-4-12(17(26-2)18(14)27-3)11-23-16(8-9-21-23)22-19(24)15-7-5-13(10-20)28-15/h4,6,8-9,13,15H,5,7,10-11,20H2,1-3H3,(H,22,24)/t13-,15+/m1/s1. The van der Waals surface area contributed by atoms with Gasteiger partial charge in [-0.25, -0.2) is 4.68 Å². The number of hydrogen-bond donors (Lipinski definition) is 2. The molecule has 0 spiro atoms. The van der Waals surface area contributed by atoms with Crippen molar-refractivity contribution < 1.29 is 23.7 Å². The molecular formula is C19H26N4O5. The normalized spacial score (nSPS) is 18.7. The van der Waals surface area contributed by atoms with Gasteiger partial charge < -0.3 is 30.0 Å². The van der Waals surface area contributed by atoms with Crippen LogP contribution in [0.5, 0.6) is 17.2 Å². The molecule has 2 atom stereocenters. The summed E-state index contributed by atoms with van der Waals surface area (Å²) in [7, 11) is 4.69. The summed E-state index contributed by atoms with van der Waals surface area (Å²) in [6.45, 7) is 0.796. The van der Waals surface area contributed by atoms with E-state index >= 15 is 0 Å². The third kappa shape index (κ3) is 4.05. The fourth-order valence-electron chi connectivity index (χ4n) is 3.29. The first kappa shape index (κ1) is 20.0. The van der Waals surface area contributed by atoms with Crippen LogP contribution in [0.2, 0.25) is 0 Å². The Labute approximate surface area is 163 Å². The van der Waals surface area contributed by atoms with Gasteiger partial charge in [0, 0.05) is 18.2 Å². The van der Waals surface area contributed by atoms with Crippen molar-refractivity contribution in [3.63, 3.8) is 0 Å². The molecule has 1 saturated heterocycles. The number of methoxy groups -OCH3 is 3. The number of carbonyl (C=O) groups is 1. The van der Waals surface area contributed by atoms with E-state index in [1.807, 2.05) is 6.07 Å². The molecule has 1 aliphatic rings. The summed E-state index contributed by atoms with van der Waals surface area (Å²) in [6, 6.07) is 5.41. The maximum absolute atomic E-state index is 12.5. The molecule has 9 nitrogen and oxygen atoms in total. The topological polar surface area (TPSA) is 110 Å². The molecule has 1 aromatic carbocycles. The van der Waals surface area contributed by atoms with Crippen LogP contribution >= 0.6 is 0 Å². The highest BCUT2D eigenvalue weighted by Gasteiger charge is 2.30. The molecule has 0 bridgehead atoms. The van der Waals surface area contributed by atoms with E-state index in [-0.39, 0.29) is 12.0 Å². The SMILES string of the molecule is COc1ccc(Cn2nccc2NC(=O)[C@@H]2CC[C@H](CN)O2)c(OC)c1OC. The maximum Gasteiger partial charge on any atom is 0.254 e. The second-order valence-electron chi connectivity index (χ2n) is 6.42. The van der Waals surface area contributed by atoms with Crippen LogP contribution in [0.1, 0.15) is 18.4 Å². The summed E-state index contributed by atoms with van der Waals surface area (Å²) in [5.41, 5.74) is 6.45. The van der Waals surface area contributed by atoms with E-state index in [4.69, 9.17) is 24.7 Å². The number of nitrogens with zero attached hydrogens (tertiary/aromatic N) is 2. The Bertz CT molecular complexity index is 823. The maximum atomic E-state index is 12.5. The van der Waals surface area contributed by atoms with Crippen molar-refractivity contribution in [2.24, 2.45) is 5.73 Å². The second kappa shape index (κ2) is 8.94. The molecule has 1 aromatic heterocycles. The number of nitrogens with two attached hydrogens (primary N) is 1. The Morgan fingerprint density at radius 3 is 2.64 bits per heavy atom. The molecule has 1 aliphatic heterocycles. The zero-order chi connectivity index (χ0) is 20.1. The number of ether oxygens (including phenoxy) is 4. The van der Waals surface area contributed by atoms with Gasteiger partial charge in [0.05, 0.1) is 40.2 Å². The second-order valence-corrected chi connectivity index (χ2v) is 6.42. The molecule has 3 N–H and O–H groups in total. The van der Waals surface area contributed by atoms with Gasteiger partial charge in [0.15, 0.2) is 11.5 Å². The lowest BCUT2D eigenvalue weighted by atomic mass is 10.1. The van der Waals surface area contributed by atoms with E-state index in [0.29, 0.717) is 42.6 Å². The highest BCUT2D eigenvalue weighted by Crippen LogP contribution is 2.40. The van der Waals surface area contributed by atoms with Crippen molar-refractivity contribution in [2.45, 2.75) is 31.6 Å². The van der Waals surface area contributed by atoms with Crippen LogP contribution in [0.4, 0.5) is 5.82 Å². The van der Waals surface area contributed by atoms with E-state index in [0.717, 1.165) is 12.0 Å². The number of aromatic nitrogens is 2. The van der Waals surface area contributed by atoms with Crippen molar-refractivity contribution in [1.29, 1.82) is 0 Å². The highest BCUT2D eigenvalue weighted by atomic mass is 16.5. The summed E-state index contributed by atoms with van der Waals surface area (Å²) in [4.78, 5) is 12.5. The van der Waals surface area contributed by atoms with Gasteiger partial charge in [-0.15, -0.1) is 0 Å². The van der Waals surface area contributed by atoms with Crippen molar-refractivity contribution in [3.8, 4) is 17.2 Å². The Morgan fingerprint density at radius 2 is 2.00 bits per heavy atom. The first-order valence-electron chi connectivity index (χ1n) is 9.07. The third-order valence-electron chi connectivity index (χ3n) is 4.74. The zero-order valence-corrected chi connectivity index (χ0v) is 16.3. The van der Waals surface area contributed by atoms with Crippen LogP contribution < -0.4 is 25.3 Å². The summed E-state index contributed by atoms with van der Waals surface area (Å²) in [5.74, 6) is 2.01. The van der Waals surface area contributed by atoms with Crippen molar-refractivity contribution in [3.05, 3.63) is 30.0 Å². The Hall–Kier alpha value is -2.78. The van der Waals surface area contributed by atoms with Gasteiger partial charge in [0.1, 0.15) is 11.9 Å². The van der Waals surface area contributed by atoms with E-state index in [1.165, 1.54) is 0 Å². The molecule has 28 heavy (non-hydrogen) atoms. The smallest absolute Gasteiger partial charge is 0.254 e. The number of rotatable bonds is 8. The largest absolute Gasteiger partial charge is 0.493 e. The lowest BCUT2D eigenvalue weighted by molar-refractivity contribution is -0.126. The molecule has 1 amide bonds.